The van der Waals surface area contributed by atoms with E-state index in [0.717, 1.165) is 23.1 Å². The molecule has 4 nitrogen and oxygen atoms in total. The SMILES string of the molecule is CC[C@H](C)[C@H](NCc1ccc(-c2ccccc2C#N)cc1)C(=O)OC. The fourth-order valence-electron chi connectivity index (χ4n) is 2.74. The van der Waals surface area contributed by atoms with Crippen LogP contribution in [0.4, 0.5) is 0 Å². The summed E-state index contributed by atoms with van der Waals surface area (Å²) in [5.41, 5.74) is 3.68. The Kier molecular flexibility index (Phi) is 6.73. The number of ether oxygens (including phenoxy) is 1. The summed E-state index contributed by atoms with van der Waals surface area (Å²) < 4.78 is 4.89. The lowest BCUT2D eigenvalue weighted by molar-refractivity contribution is -0.144. The number of benzene rings is 2. The van der Waals surface area contributed by atoms with Gasteiger partial charge in [-0.2, -0.15) is 5.26 Å². The minimum atomic E-state index is -0.311. The number of hydrogen-bond acceptors (Lipinski definition) is 4. The van der Waals surface area contributed by atoms with Gasteiger partial charge in [0.2, 0.25) is 0 Å². The lowest BCUT2D eigenvalue weighted by atomic mass is 9.98. The predicted octanol–water partition coefficient (Wildman–Crippen LogP) is 3.90. The van der Waals surface area contributed by atoms with Crippen molar-refractivity contribution < 1.29 is 9.53 Å². The predicted molar refractivity (Wildman–Crippen MR) is 98.7 cm³/mol. The van der Waals surface area contributed by atoms with Crippen molar-refractivity contribution in [2.24, 2.45) is 5.92 Å². The average Bonchev–Trinajstić information content (AvgIpc) is 2.68. The number of esters is 1. The molecule has 2 aromatic carbocycles. The van der Waals surface area contributed by atoms with Gasteiger partial charge in [-0.05, 0) is 28.7 Å². The van der Waals surface area contributed by atoms with Crippen molar-refractivity contribution in [2.75, 3.05) is 7.11 Å². The van der Waals surface area contributed by atoms with E-state index in [1.165, 1.54) is 7.11 Å². The largest absolute Gasteiger partial charge is 0.468 e. The van der Waals surface area contributed by atoms with Crippen molar-refractivity contribution in [3.8, 4) is 17.2 Å². The molecule has 0 saturated heterocycles. The molecule has 130 valence electrons. The topological polar surface area (TPSA) is 62.1 Å². The van der Waals surface area contributed by atoms with E-state index >= 15 is 0 Å². The second kappa shape index (κ2) is 9.00. The van der Waals surface area contributed by atoms with Crippen LogP contribution in [0.15, 0.2) is 48.5 Å². The van der Waals surface area contributed by atoms with E-state index in [0.29, 0.717) is 12.1 Å². The van der Waals surface area contributed by atoms with Gasteiger partial charge in [-0.3, -0.25) is 4.79 Å². The first kappa shape index (κ1) is 18.7. The summed E-state index contributed by atoms with van der Waals surface area (Å²) in [4.78, 5) is 11.9. The summed E-state index contributed by atoms with van der Waals surface area (Å²) >= 11 is 0. The van der Waals surface area contributed by atoms with Crippen LogP contribution in [0.2, 0.25) is 0 Å². The molecule has 0 fully saturated rings. The van der Waals surface area contributed by atoms with E-state index in [1.54, 1.807) is 0 Å². The molecule has 2 rings (SSSR count). The molecule has 0 aromatic heterocycles. The minimum absolute atomic E-state index is 0.203. The van der Waals surface area contributed by atoms with Crippen LogP contribution < -0.4 is 5.32 Å². The molecule has 0 aliphatic heterocycles. The minimum Gasteiger partial charge on any atom is -0.468 e. The highest BCUT2D eigenvalue weighted by Crippen LogP contribution is 2.23. The Balaban J connectivity index is 2.10. The molecule has 0 aliphatic rings. The van der Waals surface area contributed by atoms with Gasteiger partial charge in [0, 0.05) is 6.54 Å². The lowest BCUT2D eigenvalue weighted by Crippen LogP contribution is -2.42. The van der Waals surface area contributed by atoms with Crippen molar-refractivity contribution in [3.63, 3.8) is 0 Å². The Bertz CT molecular complexity index is 747. The van der Waals surface area contributed by atoms with Gasteiger partial charge in [0.1, 0.15) is 6.04 Å². The molecule has 0 unspecified atom stereocenters. The standard InChI is InChI=1S/C21H24N2O2/c1-4-15(2)20(21(24)25-3)23-14-16-9-11-17(12-10-16)19-8-6-5-7-18(19)13-22/h5-12,15,20,23H,4,14H2,1-3H3/t15-,20-/m0/s1. The first-order valence-corrected chi connectivity index (χ1v) is 8.50. The fourth-order valence-corrected chi connectivity index (χ4v) is 2.74. The summed E-state index contributed by atoms with van der Waals surface area (Å²) in [7, 11) is 1.42. The first-order chi connectivity index (χ1) is 12.1. The zero-order chi connectivity index (χ0) is 18.2. The number of methoxy groups -OCH3 is 1. The van der Waals surface area contributed by atoms with Crippen molar-refractivity contribution in [2.45, 2.75) is 32.9 Å². The maximum absolute atomic E-state index is 11.9. The molecule has 0 aliphatic carbocycles. The summed E-state index contributed by atoms with van der Waals surface area (Å²) in [5, 5.41) is 12.5. The second-order valence-electron chi connectivity index (χ2n) is 6.12. The third-order valence-electron chi connectivity index (χ3n) is 4.51. The summed E-state index contributed by atoms with van der Waals surface area (Å²) in [5.74, 6) is -0.0249. The fraction of sp³-hybridized carbons (Fsp3) is 0.333. The van der Waals surface area contributed by atoms with Gasteiger partial charge >= 0.3 is 5.97 Å². The second-order valence-corrected chi connectivity index (χ2v) is 6.12. The number of rotatable bonds is 7. The Hall–Kier alpha value is -2.64. The molecule has 4 heteroatoms. The Morgan fingerprint density at radius 3 is 2.48 bits per heavy atom. The molecule has 0 spiro atoms. The van der Waals surface area contributed by atoms with Gasteiger partial charge in [0.15, 0.2) is 0 Å². The van der Waals surface area contributed by atoms with Crippen molar-refractivity contribution in [1.29, 1.82) is 5.26 Å². The van der Waals surface area contributed by atoms with E-state index in [2.05, 4.69) is 18.3 Å². The maximum atomic E-state index is 11.9. The highest BCUT2D eigenvalue weighted by molar-refractivity contribution is 5.76. The number of nitrogens with one attached hydrogen (secondary N) is 1. The van der Waals surface area contributed by atoms with E-state index in [4.69, 9.17) is 4.74 Å². The number of carbonyl (C=O) groups excluding carboxylic acids is 1. The van der Waals surface area contributed by atoms with Crippen molar-refractivity contribution in [1.82, 2.24) is 5.32 Å². The van der Waals surface area contributed by atoms with Gasteiger partial charge in [-0.15, -0.1) is 0 Å². The summed E-state index contributed by atoms with van der Waals surface area (Å²) in [6.07, 6.45) is 0.899. The van der Waals surface area contributed by atoms with Crippen LogP contribution in [0, 0.1) is 17.2 Å². The molecular formula is C21H24N2O2. The normalized spacial score (nSPS) is 12.9. The monoisotopic (exact) mass is 336 g/mol. The van der Waals surface area contributed by atoms with Crippen molar-refractivity contribution >= 4 is 5.97 Å². The Labute approximate surface area is 149 Å². The van der Waals surface area contributed by atoms with Gasteiger partial charge < -0.3 is 10.1 Å². The Morgan fingerprint density at radius 2 is 1.88 bits per heavy atom. The molecule has 0 amide bonds. The van der Waals surface area contributed by atoms with Gasteiger partial charge in [-0.1, -0.05) is 62.7 Å². The number of nitrogens with zero attached hydrogens (tertiary/aromatic N) is 1. The highest BCUT2D eigenvalue weighted by Gasteiger charge is 2.24. The number of hydrogen-bond donors (Lipinski definition) is 1. The van der Waals surface area contributed by atoms with Crippen molar-refractivity contribution in [3.05, 3.63) is 59.7 Å². The highest BCUT2D eigenvalue weighted by atomic mass is 16.5. The molecule has 0 saturated carbocycles. The van der Waals surface area contributed by atoms with Crippen LogP contribution in [0.1, 0.15) is 31.4 Å². The first-order valence-electron chi connectivity index (χ1n) is 8.50. The van der Waals surface area contributed by atoms with E-state index in [1.807, 2.05) is 55.5 Å². The molecule has 2 atom stereocenters. The summed E-state index contributed by atoms with van der Waals surface area (Å²) in [6.45, 7) is 4.69. The van der Waals surface area contributed by atoms with Gasteiger partial charge in [0.05, 0.1) is 18.7 Å². The maximum Gasteiger partial charge on any atom is 0.323 e. The average molecular weight is 336 g/mol. The van der Waals surface area contributed by atoms with E-state index in [9.17, 15) is 10.1 Å². The number of carbonyl (C=O) groups is 1. The smallest absolute Gasteiger partial charge is 0.323 e. The quantitative estimate of drug-likeness (QED) is 0.779. The van der Waals surface area contributed by atoms with Crippen LogP contribution in [0.25, 0.3) is 11.1 Å². The number of nitriles is 1. The van der Waals surface area contributed by atoms with Crippen LogP contribution in [-0.2, 0) is 16.1 Å². The third-order valence-corrected chi connectivity index (χ3v) is 4.51. The molecule has 0 bridgehead atoms. The van der Waals surface area contributed by atoms with Crippen LogP contribution in [0.3, 0.4) is 0 Å². The molecule has 0 radical (unpaired) electrons. The van der Waals surface area contributed by atoms with Crippen LogP contribution in [0.5, 0.6) is 0 Å². The van der Waals surface area contributed by atoms with E-state index < -0.39 is 0 Å². The molecular weight excluding hydrogens is 312 g/mol. The summed E-state index contributed by atoms with van der Waals surface area (Å²) in [6, 6.07) is 17.5. The van der Waals surface area contributed by atoms with Gasteiger partial charge in [0.25, 0.3) is 0 Å². The van der Waals surface area contributed by atoms with Crippen LogP contribution >= 0.6 is 0 Å². The van der Waals surface area contributed by atoms with E-state index in [-0.39, 0.29) is 17.9 Å². The van der Waals surface area contributed by atoms with Crippen LogP contribution in [-0.4, -0.2) is 19.1 Å². The molecule has 25 heavy (non-hydrogen) atoms. The lowest BCUT2D eigenvalue weighted by Gasteiger charge is -2.22. The Morgan fingerprint density at radius 1 is 1.20 bits per heavy atom. The zero-order valence-electron chi connectivity index (χ0n) is 15.0. The third kappa shape index (κ3) is 4.68. The molecule has 1 N–H and O–H groups in total. The molecule has 0 heterocycles. The molecule has 2 aromatic rings. The van der Waals surface area contributed by atoms with Gasteiger partial charge in [-0.25, -0.2) is 0 Å². The zero-order valence-corrected chi connectivity index (χ0v) is 15.0.